The van der Waals surface area contributed by atoms with Gasteiger partial charge in [-0.05, 0) is 12.1 Å². The zero-order valence-electron chi connectivity index (χ0n) is 8.29. The Balaban J connectivity index is 0. The Morgan fingerprint density at radius 2 is 1.71 bits per heavy atom. The van der Waals surface area contributed by atoms with Crippen molar-refractivity contribution in [2.75, 3.05) is 0 Å². The molecule has 0 aliphatic carbocycles. The van der Waals surface area contributed by atoms with Crippen molar-refractivity contribution in [3.05, 3.63) is 43.3 Å². The molecular formula is C11H13O2Re-. The van der Waals surface area contributed by atoms with Gasteiger partial charge in [0.25, 0.3) is 0 Å². The molecule has 0 aliphatic rings. The van der Waals surface area contributed by atoms with Gasteiger partial charge < -0.3 is 7.43 Å². The normalized spacial score (nSPS) is 6.64. The summed E-state index contributed by atoms with van der Waals surface area (Å²) in [7, 11) is 0. The molecule has 0 saturated carbocycles. The summed E-state index contributed by atoms with van der Waals surface area (Å²) in [6, 6.07) is 10.0. The first-order chi connectivity index (χ1) is 6.35. The fourth-order valence-electron chi connectivity index (χ4n) is 0.712. The SMILES string of the molecule is CCC#Cc1ccccc1.[CH3-].[O]=[Re]=[O]. The summed E-state index contributed by atoms with van der Waals surface area (Å²) in [5, 5.41) is 0. The van der Waals surface area contributed by atoms with Crippen LogP contribution in [0.4, 0.5) is 0 Å². The van der Waals surface area contributed by atoms with Crippen LogP contribution in [-0.4, -0.2) is 0 Å². The number of rotatable bonds is 0. The summed E-state index contributed by atoms with van der Waals surface area (Å²) in [6.45, 7) is 2.05. The van der Waals surface area contributed by atoms with Gasteiger partial charge in [-0.15, -0.1) is 0 Å². The Morgan fingerprint density at radius 1 is 1.21 bits per heavy atom. The minimum atomic E-state index is -2.17. The van der Waals surface area contributed by atoms with Crippen molar-refractivity contribution >= 4 is 0 Å². The predicted molar refractivity (Wildman–Crippen MR) is 51.4 cm³/mol. The zero-order chi connectivity index (χ0) is 9.94. The number of hydrogen-bond donors (Lipinski definition) is 0. The third-order valence-corrected chi connectivity index (χ3v) is 1.18. The van der Waals surface area contributed by atoms with E-state index in [2.05, 4.69) is 18.8 Å². The molecule has 0 amide bonds. The summed E-state index contributed by atoms with van der Waals surface area (Å²) >= 11 is -2.17. The van der Waals surface area contributed by atoms with Gasteiger partial charge in [-0.1, -0.05) is 37.0 Å². The van der Waals surface area contributed by atoms with Crippen molar-refractivity contribution in [2.24, 2.45) is 0 Å². The maximum atomic E-state index is 8.53. The van der Waals surface area contributed by atoms with Crippen molar-refractivity contribution in [1.29, 1.82) is 0 Å². The van der Waals surface area contributed by atoms with Gasteiger partial charge in [0.2, 0.25) is 0 Å². The van der Waals surface area contributed by atoms with Crippen molar-refractivity contribution < 1.29 is 24.8 Å². The first-order valence-corrected chi connectivity index (χ1v) is 6.00. The number of benzene rings is 1. The molecule has 0 unspecified atom stereocenters. The zero-order valence-corrected chi connectivity index (χ0v) is 11.0. The van der Waals surface area contributed by atoms with Gasteiger partial charge >= 0.3 is 24.8 Å². The molecule has 0 aliphatic heterocycles. The third kappa shape index (κ3) is 9.13. The summed E-state index contributed by atoms with van der Waals surface area (Å²) in [5.41, 5.74) is 1.10. The molecule has 0 N–H and O–H groups in total. The predicted octanol–water partition coefficient (Wildman–Crippen LogP) is 2.66. The van der Waals surface area contributed by atoms with E-state index < -0.39 is 17.9 Å². The quantitative estimate of drug-likeness (QED) is 0.525. The summed E-state index contributed by atoms with van der Waals surface area (Å²) in [6.07, 6.45) is 0.925. The van der Waals surface area contributed by atoms with Crippen LogP contribution in [0.25, 0.3) is 0 Å². The van der Waals surface area contributed by atoms with Gasteiger partial charge in [-0.3, -0.25) is 0 Å². The first-order valence-electron chi connectivity index (χ1n) is 3.78. The second-order valence-electron chi connectivity index (χ2n) is 2.08. The van der Waals surface area contributed by atoms with Crippen LogP contribution in [0.2, 0.25) is 0 Å². The van der Waals surface area contributed by atoms with Gasteiger partial charge in [0.05, 0.1) is 0 Å². The Bertz CT molecular complexity index is 316. The Kier molecular flexibility index (Phi) is 13.3. The van der Waals surface area contributed by atoms with Crippen LogP contribution >= 0.6 is 0 Å². The molecule has 1 aromatic rings. The molecule has 1 rings (SSSR count). The molecule has 0 spiro atoms. The second kappa shape index (κ2) is 12.0. The second-order valence-corrected chi connectivity index (χ2v) is 2.54. The first kappa shape index (κ1) is 15.5. The van der Waals surface area contributed by atoms with E-state index in [-0.39, 0.29) is 7.43 Å². The van der Waals surface area contributed by atoms with E-state index >= 15 is 0 Å². The van der Waals surface area contributed by atoms with Crippen LogP contribution in [0.1, 0.15) is 18.9 Å². The van der Waals surface area contributed by atoms with Crippen LogP contribution in [0.15, 0.2) is 30.3 Å². The van der Waals surface area contributed by atoms with E-state index in [9.17, 15) is 0 Å². The molecule has 77 valence electrons. The Hall–Kier alpha value is -0.958. The average molecular weight is 363 g/mol. The topological polar surface area (TPSA) is 34.1 Å². The molecule has 0 bridgehead atoms. The molecule has 0 saturated heterocycles. The fourth-order valence-corrected chi connectivity index (χ4v) is 0.712. The van der Waals surface area contributed by atoms with E-state index in [1.807, 2.05) is 30.3 Å². The average Bonchev–Trinajstić information content (AvgIpc) is 2.18. The van der Waals surface area contributed by atoms with Gasteiger partial charge in [0.1, 0.15) is 0 Å². The third-order valence-electron chi connectivity index (χ3n) is 1.18. The molecule has 0 heterocycles. The molecular weight excluding hydrogens is 350 g/mol. The molecule has 2 nitrogen and oxygen atoms in total. The van der Waals surface area contributed by atoms with Crippen LogP contribution in [0.5, 0.6) is 0 Å². The van der Waals surface area contributed by atoms with Crippen molar-refractivity contribution in [3.63, 3.8) is 0 Å². The van der Waals surface area contributed by atoms with E-state index in [0.717, 1.165) is 12.0 Å². The fraction of sp³-hybridized carbons (Fsp3) is 0.182. The van der Waals surface area contributed by atoms with Crippen LogP contribution in [0, 0.1) is 19.3 Å². The Morgan fingerprint density at radius 3 is 2.14 bits per heavy atom. The van der Waals surface area contributed by atoms with Crippen LogP contribution < -0.4 is 0 Å². The Labute approximate surface area is 93.5 Å². The van der Waals surface area contributed by atoms with E-state index in [1.165, 1.54) is 0 Å². The van der Waals surface area contributed by atoms with Gasteiger partial charge in [0, 0.05) is 12.0 Å². The molecule has 0 radical (unpaired) electrons. The molecule has 14 heavy (non-hydrogen) atoms. The molecule has 3 heteroatoms. The molecule has 1 aromatic carbocycles. The van der Waals surface area contributed by atoms with Gasteiger partial charge in [0.15, 0.2) is 0 Å². The van der Waals surface area contributed by atoms with Crippen LogP contribution in [0.3, 0.4) is 0 Å². The van der Waals surface area contributed by atoms with Crippen LogP contribution in [-0.2, 0) is 24.8 Å². The minimum absolute atomic E-state index is 0. The van der Waals surface area contributed by atoms with E-state index in [0.29, 0.717) is 0 Å². The number of hydrogen-bond acceptors (Lipinski definition) is 2. The molecule has 0 fully saturated rings. The van der Waals surface area contributed by atoms with Gasteiger partial charge in [-0.2, -0.15) is 0 Å². The monoisotopic (exact) mass is 364 g/mol. The standard InChI is InChI=1S/C10H10.CH3.2O.Re/c1-2-3-7-10-8-5-4-6-9-10;;;;/h4-6,8-9H,2H2,1H3;1H3;;;/q;-1;;;. The van der Waals surface area contributed by atoms with E-state index in [4.69, 9.17) is 6.94 Å². The maximum absolute atomic E-state index is 8.53. The van der Waals surface area contributed by atoms with Crippen molar-refractivity contribution in [3.8, 4) is 11.8 Å². The summed E-state index contributed by atoms with van der Waals surface area (Å²) < 4.78 is 17.1. The summed E-state index contributed by atoms with van der Waals surface area (Å²) in [4.78, 5) is 0. The molecule has 0 aromatic heterocycles. The summed E-state index contributed by atoms with van der Waals surface area (Å²) in [5.74, 6) is 6.06. The van der Waals surface area contributed by atoms with E-state index in [1.54, 1.807) is 0 Å². The van der Waals surface area contributed by atoms with Crippen molar-refractivity contribution in [2.45, 2.75) is 13.3 Å². The van der Waals surface area contributed by atoms with Crippen molar-refractivity contribution in [1.82, 2.24) is 0 Å². The molecule has 0 atom stereocenters. The van der Waals surface area contributed by atoms with Gasteiger partial charge in [-0.25, -0.2) is 0 Å².